The van der Waals surface area contributed by atoms with E-state index in [0.29, 0.717) is 17.4 Å². The van der Waals surface area contributed by atoms with Gasteiger partial charge in [0, 0.05) is 24.6 Å². The van der Waals surface area contributed by atoms with E-state index >= 15 is 0 Å². The highest BCUT2D eigenvalue weighted by Crippen LogP contribution is 2.27. The van der Waals surface area contributed by atoms with Crippen LogP contribution in [0.4, 0.5) is 0 Å². The zero-order chi connectivity index (χ0) is 26.9. The number of likely N-dealkylation sites (tertiary alicyclic amines) is 1. The van der Waals surface area contributed by atoms with Gasteiger partial charge in [-0.3, -0.25) is 4.90 Å². The summed E-state index contributed by atoms with van der Waals surface area (Å²) < 4.78 is 6.99. The molecule has 2 aromatic rings. The second-order valence-corrected chi connectivity index (χ2v) is 10.2. The van der Waals surface area contributed by atoms with Crippen LogP contribution in [-0.4, -0.2) is 35.6 Å². The van der Waals surface area contributed by atoms with Crippen molar-refractivity contribution in [3.05, 3.63) is 93.8 Å². The number of rotatable bonds is 8. The van der Waals surface area contributed by atoms with E-state index in [1.165, 1.54) is 18.2 Å². The third-order valence-electron chi connectivity index (χ3n) is 7.73. The molecule has 1 aliphatic heterocycles. The Labute approximate surface area is 225 Å². The normalized spacial score (nSPS) is 21.0. The topological polar surface area (TPSA) is 84.3 Å². The first-order chi connectivity index (χ1) is 18.5. The standard InChI is InChI=1S/C32H38N4O2/c1-24-28(15-18-36(24)23-25-8-10-30(11-9-25)32(37)38-2)12-13-31(21-34)29-7-4-16-35(17-14-29)22-27-6-3-5-26(19-27)20-33/h3,5-6,8,10-12,15,18-19,21,25,29H,1,4,7,9,13-14,16-17,22-23,34H2,2H3/b28-12-,31-21+. The molecule has 38 heavy (non-hydrogen) atoms. The second kappa shape index (κ2) is 13.1. The van der Waals surface area contributed by atoms with E-state index < -0.39 is 0 Å². The Morgan fingerprint density at radius 3 is 2.89 bits per heavy atom. The molecule has 1 aliphatic carbocycles. The molecule has 0 amide bonds. The lowest BCUT2D eigenvalue weighted by molar-refractivity contribution is -0.135. The lowest BCUT2D eigenvalue weighted by Gasteiger charge is -2.21. The van der Waals surface area contributed by atoms with Gasteiger partial charge in [0.2, 0.25) is 0 Å². The molecule has 0 saturated carbocycles. The predicted octanol–water partition coefficient (Wildman–Crippen LogP) is 3.76. The maximum Gasteiger partial charge on any atom is 0.337 e. The lowest BCUT2D eigenvalue weighted by Crippen LogP contribution is -2.29. The molecule has 2 unspecified atom stereocenters. The number of esters is 1. The summed E-state index contributed by atoms with van der Waals surface area (Å²) in [5.74, 6) is 0.510. The molecule has 2 aliphatic rings. The molecule has 2 atom stereocenters. The SMILES string of the molecule is C=c1/c(=C\C/C(=C\N)C2CCCN(Cc3cccc(C#N)c3)CC2)ccn1CC1C=CC(C(=O)OC)=CC1. The number of carbonyl (C=O) groups excluding carboxylic acids is 1. The van der Waals surface area contributed by atoms with Gasteiger partial charge in [0.05, 0.1) is 24.3 Å². The molecule has 0 radical (unpaired) electrons. The molecular formula is C32H38N4O2. The van der Waals surface area contributed by atoms with Crippen LogP contribution in [0.25, 0.3) is 12.7 Å². The van der Waals surface area contributed by atoms with Crippen molar-refractivity contribution < 1.29 is 9.53 Å². The van der Waals surface area contributed by atoms with Gasteiger partial charge < -0.3 is 15.0 Å². The summed E-state index contributed by atoms with van der Waals surface area (Å²) in [6.07, 6.45) is 17.0. The van der Waals surface area contributed by atoms with Crippen molar-refractivity contribution in [1.82, 2.24) is 9.47 Å². The number of ether oxygens (including phenoxy) is 1. The highest BCUT2D eigenvalue weighted by atomic mass is 16.5. The third-order valence-corrected chi connectivity index (χ3v) is 7.73. The average Bonchev–Trinajstić information content (AvgIpc) is 3.13. The van der Waals surface area contributed by atoms with Gasteiger partial charge in [0.1, 0.15) is 0 Å². The summed E-state index contributed by atoms with van der Waals surface area (Å²) in [5.41, 5.74) is 9.96. The quantitative estimate of drug-likeness (QED) is 0.547. The smallest absolute Gasteiger partial charge is 0.337 e. The molecule has 0 bridgehead atoms. The minimum Gasteiger partial charge on any atom is -0.465 e. The number of hydrogen-bond acceptors (Lipinski definition) is 5. The Hall–Kier alpha value is -3.82. The van der Waals surface area contributed by atoms with Gasteiger partial charge in [-0.15, -0.1) is 0 Å². The van der Waals surface area contributed by atoms with Crippen molar-refractivity contribution >= 4 is 18.6 Å². The molecular weight excluding hydrogens is 472 g/mol. The number of allylic oxidation sites excluding steroid dienone is 3. The molecule has 1 fully saturated rings. The maximum atomic E-state index is 11.7. The third kappa shape index (κ3) is 6.93. The van der Waals surface area contributed by atoms with E-state index in [4.69, 9.17) is 10.5 Å². The molecule has 2 heterocycles. The van der Waals surface area contributed by atoms with Gasteiger partial charge in [0.25, 0.3) is 0 Å². The van der Waals surface area contributed by atoms with Crippen LogP contribution in [-0.2, 0) is 22.6 Å². The van der Waals surface area contributed by atoms with Crippen LogP contribution >= 0.6 is 0 Å². The number of carbonyl (C=O) groups is 1. The van der Waals surface area contributed by atoms with Gasteiger partial charge in [-0.25, -0.2) is 4.79 Å². The molecule has 1 aromatic heterocycles. The Balaban J connectivity index is 1.33. The van der Waals surface area contributed by atoms with E-state index in [-0.39, 0.29) is 5.97 Å². The Morgan fingerprint density at radius 2 is 2.16 bits per heavy atom. The number of hydrogen-bond donors (Lipinski definition) is 1. The minimum atomic E-state index is -0.286. The summed E-state index contributed by atoms with van der Waals surface area (Å²) in [6.45, 7) is 8.13. The fraction of sp³-hybridized carbons (Fsp3) is 0.375. The fourth-order valence-corrected chi connectivity index (χ4v) is 5.48. The lowest BCUT2D eigenvalue weighted by atomic mass is 9.90. The Bertz CT molecular complexity index is 1370. The number of nitriles is 1. The number of aromatic nitrogens is 1. The summed E-state index contributed by atoms with van der Waals surface area (Å²) in [4.78, 5) is 14.2. The van der Waals surface area contributed by atoms with Crippen LogP contribution in [0, 0.1) is 23.2 Å². The van der Waals surface area contributed by atoms with Crippen molar-refractivity contribution in [2.75, 3.05) is 20.2 Å². The second-order valence-electron chi connectivity index (χ2n) is 10.2. The van der Waals surface area contributed by atoms with Crippen molar-refractivity contribution in [3.63, 3.8) is 0 Å². The molecule has 0 spiro atoms. The van der Waals surface area contributed by atoms with Crippen molar-refractivity contribution in [1.29, 1.82) is 5.26 Å². The Morgan fingerprint density at radius 1 is 1.29 bits per heavy atom. The van der Waals surface area contributed by atoms with Crippen LogP contribution < -0.4 is 16.3 Å². The van der Waals surface area contributed by atoms with Gasteiger partial charge in [0.15, 0.2) is 0 Å². The first kappa shape index (κ1) is 27.2. The van der Waals surface area contributed by atoms with Crippen LogP contribution in [0.2, 0.25) is 0 Å². The molecule has 6 heteroatoms. The molecule has 1 saturated heterocycles. The summed E-state index contributed by atoms with van der Waals surface area (Å²) in [7, 11) is 1.41. The predicted molar refractivity (Wildman–Crippen MR) is 152 cm³/mol. The molecule has 198 valence electrons. The van der Waals surface area contributed by atoms with E-state index in [1.54, 1.807) is 0 Å². The van der Waals surface area contributed by atoms with E-state index in [0.717, 1.165) is 74.4 Å². The minimum absolute atomic E-state index is 0.286. The van der Waals surface area contributed by atoms with Gasteiger partial charge in [-0.1, -0.05) is 43.0 Å². The molecule has 2 N–H and O–H groups in total. The van der Waals surface area contributed by atoms with E-state index in [9.17, 15) is 10.1 Å². The number of nitrogens with two attached hydrogens (primary N) is 1. The van der Waals surface area contributed by atoms with Gasteiger partial charge in [-0.05, 0) is 97.8 Å². The van der Waals surface area contributed by atoms with Crippen LogP contribution in [0.5, 0.6) is 0 Å². The molecule has 4 rings (SSSR count). The number of benzene rings is 1. The van der Waals surface area contributed by atoms with E-state index in [2.05, 4.69) is 52.6 Å². The highest BCUT2D eigenvalue weighted by molar-refractivity contribution is 5.91. The average molecular weight is 511 g/mol. The molecule has 1 aromatic carbocycles. The fourth-order valence-electron chi connectivity index (χ4n) is 5.48. The monoisotopic (exact) mass is 510 g/mol. The number of nitrogens with zero attached hydrogens (tertiary/aromatic N) is 3. The first-order valence-electron chi connectivity index (χ1n) is 13.4. The Kier molecular flexibility index (Phi) is 9.40. The van der Waals surface area contributed by atoms with Gasteiger partial charge >= 0.3 is 5.97 Å². The largest absolute Gasteiger partial charge is 0.465 e. The first-order valence-corrected chi connectivity index (χ1v) is 13.4. The van der Waals surface area contributed by atoms with Gasteiger partial charge in [-0.2, -0.15) is 5.26 Å². The maximum absolute atomic E-state index is 11.7. The van der Waals surface area contributed by atoms with Crippen LogP contribution in [0.1, 0.15) is 43.2 Å². The zero-order valence-electron chi connectivity index (χ0n) is 22.3. The highest BCUT2D eigenvalue weighted by Gasteiger charge is 2.20. The van der Waals surface area contributed by atoms with Crippen molar-refractivity contribution in [3.8, 4) is 6.07 Å². The van der Waals surface area contributed by atoms with Crippen LogP contribution in [0.3, 0.4) is 0 Å². The summed E-state index contributed by atoms with van der Waals surface area (Å²) in [5, 5.41) is 11.3. The van der Waals surface area contributed by atoms with E-state index in [1.807, 2.05) is 36.6 Å². The van der Waals surface area contributed by atoms with Crippen molar-refractivity contribution in [2.24, 2.45) is 17.6 Å². The summed E-state index contributed by atoms with van der Waals surface area (Å²) in [6, 6.07) is 12.3. The van der Waals surface area contributed by atoms with Crippen molar-refractivity contribution in [2.45, 2.75) is 45.2 Å². The zero-order valence-corrected chi connectivity index (χ0v) is 22.3. The molecule has 6 nitrogen and oxygen atoms in total. The number of methoxy groups -OCH3 is 1. The van der Waals surface area contributed by atoms with Crippen LogP contribution in [0.15, 0.2) is 72.1 Å². The summed E-state index contributed by atoms with van der Waals surface area (Å²) >= 11 is 0.